The lowest BCUT2D eigenvalue weighted by atomic mass is 10.4. The summed E-state index contributed by atoms with van der Waals surface area (Å²) in [5.74, 6) is 0. The van der Waals surface area contributed by atoms with Gasteiger partial charge in [-0.15, -0.1) is 12.6 Å². The molecule has 0 heterocycles. The summed E-state index contributed by atoms with van der Waals surface area (Å²) in [5.41, 5.74) is 0. The highest BCUT2D eigenvalue weighted by Gasteiger charge is 1.89. The van der Waals surface area contributed by atoms with Gasteiger partial charge in [-0.3, -0.25) is 4.55 Å². The Morgan fingerprint density at radius 1 is 1.25 bits per heavy atom. The minimum Gasteiger partial charge on any atom is -0.260 e. The maximum Gasteiger partial charge on any atom is 0.435 e. The second-order valence-electron chi connectivity index (χ2n) is 1.75. The molecule has 1 aromatic carbocycles. The van der Waals surface area contributed by atoms with Crippen LogP contribution in [0, 0.1) is 0 Å². The van der Waals surface area contributed by atoms with Crippen LogP contribution < -0.4 is 0 Å². The Labute approximate surface area is 75.7 Å². The maximum atomic E-state index is 10.2. The first kappa shape index (κ1) is 11.4. The minimum absolute atomic E-state index is 1.02. The Balaban J connectivity index is 0.000000217. The van der Waals surface area contributed by atoms with Gasteiger partial charge in [-0.1, -0.05) is 22.1 Å². The third-order valence-electron chi connectivity index (χ3n) is 0.756. The lowest BCUT2D eigenvalue weighted by molar-refractivity contribution is 0.435. The van der Waals surface area contributed by atoms with Gasteiger partial charge in [0.1, 0.15) is 0 Å². The molecule has 0 fully saturated rings. The van der Waals surface area contributed by atoms with Crippen LogP contribution >= 0.6 is 12.6 Å². The van der Waals surface area contributed by atoms with Gasteiger partial charge in [0.2, 0.25) is 0 Å². The van der Waals surface area contributed by atoms with Gasteiger partial charge < -0.3 is 0 Å². The average Bonchev–Trinajstić information content (AvgIpc) is 1.85. The molecule has 1 rings (SSSR count). The molecule has 0 spiro atoms. The van der Waals surface area contributed by atoms with Crippen LogP contribution in [0.15, 0.2) is 35.2 Å². The van der Waals surface area contributed by atoms with Gasteiger partial charge in [-0.05, 0) is 12.1 Å². The number of thiol groups is 1. The van der Waals surface area contributed by atoms with Crippen molar-refractivity contribution >= 4 is 23.1 Å². The molecule has 68 valence electrons. The Hall–Kier alpha value is -0.590. The fraction of sp³-hybridized carbons (Fsp3) is 0. The quantitative estimate of drug-likeness (QED) is 0.389. The summed E-state index contributed by atoms with van der Waals surface area (Å²) in [5, 5.41) is 0. The molecule has 0 unspecified atom stereocenters. The van der Waals surface area contributed by atoms with Gasteiger partial charge >= 0.3 is 10.5 Å². The van der Waals surface area contributed by atoms with Crippen molar-refractivity contribution in [1.82, 2.24) is 0 Å². The first-order valence-corrected chi connectivity index (χ1v) is 4.59. The Bertz CT molecular complexity index is 301. The molecule has 0 aliphatic rings. The molecule has 12 heavy (non-hydrogen) atoms. The van der Waals surface area contributed by atoms with Crippen LogP contribution in [0.1, 0.15) is 0 Å². The normalized spacial score (nSPS) is 9.92. The number of rotatable bonds is 0. The molecule has 0 amide bonds. The van der Waals surface area contributed by atoms with E-state index in [2.05, 4.69) is 12.6 Å². The summed E-state index contributed by atoms with van der Waals surface area (Å²) in [6.45, 7) is 0. The van der Waals surface area contributed by atoms with E-state index in [-0.39, 0.29) is 0 Å². The molecule has 0 aliphatic heterocycles. The molecule has 0 saturated heterocycles. The van der Waals surface area contributed by atoms with Gasteiger partial charge in [0.15, 0.2) is 0 Å². The molecule has 6 heteroatoms. The highest BCUT2D eigenvalue weighted by molar-refractivity contribution is 7.80. The first-order valence-electron chi connectivity index (χ1n) is 2.80. The molecule has 0 aliphatic carbocycles. The van der Waals surface area contributed by atoms with Gasteiger partial charge in [0.25, 0.3) is 0 Å². The Morgan fingerprint density at radius 3 is 1.75 bits per heavy atom. The van der Waals surface area contributed by atoms with Crippen LogP contribution in [0.3, 0.4) is 0 Å². The Morgan fingerprint density at radius 2 is 1.58 bits per heavy atom. The SMILES string of the molecule is O=S(=O)(O)F.Sc1ccccc1. The second-order valence-corrected chi connectivity index (χ2v) is 3.09. The number of benzene rings is 1. The summed E-state index contributed by atoms with van der Waals surface area (Å²) in [6.07, 6.45) is 0. The van der Waals surface area contributed by atoms with E-state index in [1.165, 1.54) is 0 Å². The zero-order valence-corrected chi connectivity index (χ0v) is 7.59. The van der Waals surface area contributed by atoms with Crippen molar-refractivity contribution < 1.29 is 16.9 Å². The fourth-order valence-electron chi connectivity index (χ4n) is 0.428. The van der Waals surface area contributed by atoms with Crippen LogP contribution in [0.25, 0.3) is 0 Å². The molecule has 0 radical (unpaired) electrons. The molecule has 0 bridgehead atoms. The first-order chi connectivity index (χ1) is 5.39. The van der Waals surface area contributed by atoms with Crippen LogP contribution in [-0.2, 0) is 10.5 Å². The average molecular weight is 210 g/mol. The van der Waals surface area contributed by atoms with E-state index in [1.807, 2.05) is 30.3 Å². The fourth-order valence-corrected chi connectivity index (χ4v) is 0.600. The summed E-state index contributed by atoms with van der Waals surface area (Å²) in [4.78, 5) is 1.02. The van der Waals surface area contributed by atoms with Crippen LogP contribution in [0.5, 0.6) is 0 Å². The molecule has 0 atom stereocenters. The van der Waals surface area contributed by atoms with Gasteiger partial charge in [0, 0.05) is 4.90 Å². The lowest BCUT2D eigenvalue weighted by Gasteiger charge is -1.81. The molecule has 1 aromatic rings. The van der Waals surface area contributed by atoms with Crippen molar-refractivity contribution in [3.8, 4) is 0 Å². The third kappa shape index (κ3) is 12.1. The largest absolute Gasteiger partial charge is 0.435 e. The smallest absolute Gasteiger partial charge is 0.260 e. The van der Waals surface area contributed by atoms with Crippen LogP contribution in [0.2, 0.25) is 0 Å². The predicted molar refractivity (Wildman–Crippen MR) is 46.4 cm³/mol. The van der Waals surface area contributed by atoms with E-state index in [4.69, 9.17) is 13.0 Å². The number of hydrogen-bond donors (Lipinski definition) is 2. The van der Waals surface area contributed by atoms with Gasteiger partial charge in [-0.25, -0.2) is 0 Å². The third-order valence-corrected chi connectivity index (χ3v) is 1.05. The summed E-state index contributed by atoms with van der Waals surface area (Å²) in [6, 6.07) is 9.79. The van der Waals surface area contributed by atoms with Crippen LogP contribution in [-0.4, -0.2) is 13.0 Å². The van der Waals surface area contributed by atoms with Crippen molar-refractivity contribution in [1.29, 1.82) is 0 Å². The van der Waals surface area contributed by atoms with E-state index in [0.29, 0.717) is 0 Å². The summed E-state index contributed by atoms with van der Waals surface area (Å²) < 4.78 is 34.1. The number of halogens is 1. The second kappa shape index (κ2) is 5.13. The highest BCUT2D eigenvalue weighted by Crippen LogP contribution is 2.00. The topological polar surface area (TPSA) is 54.4 Å². The zero-order valence-electron chi connectivity index (χ0n) is 5.88. The predicted octanol–water partition coefficient (Wildman–Crippen LogP) is 1.73. The van der Waals surface area contributed by atoms with E-state index in [0.717, 1.165) is 4.90 Å². The summed E-state index contributed by atoms with van der Waals surface area (Å²) in [7, 11) is -5.17. The van der Waals surface area contributed by atoms with Gasteiger partial charge in [-0.2, -0.15) is 8.42 Å². The molecular formula is C6H7FO3S2. The van der Waals surface area contributed by atoms with Crippen LogP contribution in [0.4, 0.5) is 3.89 Å². The zero-order chi connectivity index (χ0) is 9.61. The van der Waals surface area contributed by atoms with Crippen molar-refractivity contribution in [2.45, 2.75) is 4.90 Å². The van der Waals surface area contributed by atoms with E-state index in [1.54, 1.807) is 0 Å². The molecule has 1 N–H and O–H groups in total. The van der Waals surface area contributed by atoms with Crippen molar-refractivity contribution in [3.05, 3.63) is 30.3 Å². The van der Waals surface area contributed by atoms with Crippen molar-refractivity contribution in [2.24, 2.45) is 0 Å². The molecule has 0 saturated carbocycles. The Kier molecular flexibility index (Phi) is 4.87. The number of hydrogen-bond acceptors (Lipinski definition) is 3. The lowest BCUT2D eigenvalue weighted by Crippen LogP contribution is -1.80. The summed E-state index contributed by atoms with van der Waals surface area (Å²) >= 11 is 4.08. The van der Waals surface area contributed by atoms with Crippen molar-refractivity contribution in [3.63, 3.8) is 0 Å². The molecule has 3 nitrogen and oxygen atoms in total. The van der Waals surface area contributed by atoms with Gasteiger partial charge in [0.05, 0.1) is 0 Å². The highest BCUT2D eigenvalue weighted by atomic mass is 32.3. The molecule has 0 aromatic heterocycles. The monoisotopic (exact) mass is 210 g/mol. The van der Waals surface area contributed by atoms with E-state index in [9.17, 15) is 3.89 Å². The maximum absolute atomic E-state index is 10.2. The van der Waals surface area contributed by atoms with E-state index >= 15 is 0 Å². The van der Waals surface area contributed by atoms with Crippen molar-refractivity contribution in [2.75, 3.05) is 0 Å². The molecular weight excluding hydrogens is 203 g/mol. The van der Waals surface area contributed by atoms with E-state index < -0.39 is 10.5 Å². The standard InChI is InChI=1S/C6H6S.FHO3S/c7-6-4-2-1-3-5-6;1-5(2,3)4/h1-5,7H;(H,2,3,4). The minimum atomic E-state index is -5.17.